The van der Waals surface area contributed by atoms with Crippen molar-refractivity contribution in [2.45, 2.75) is 44.0 Å². The summed E-state index contributed by atoms with van der Waals surface area (Å²) in [5.74, 6) is 0.926. The van der Waals surface area contributed by atoms with Gasteiger partial charge in [0.2, 0.25) is 5.91 Å². The number of thioether (sulfide) groups is 1. The number of amides is 1. The minimum Gasteiger partial charge on any atom is -0.325 e. The fraction of sp³-hybridized carbons (Fsp3) is 0.231. The molecule has 4 rings (SSSR count). The average molecular weight is 458 g/mol. The predicted molar refractivity (Wildman–Crippen MR) is 134 cm³/mol. The molecule has 4 aromatic rings. The minimum absolute atomic E-state index is 0.0831. The number of benzene rings is 2. The van der Waals surface area contributed by atoms with Crippen molar-refractivity contribution in [3.05, 3.63) is 84.2 Å². The van der Waals surface area contributed by atoms with Crippen LogP contribution >= 0.6 is 11.8 Å². The van der Waals surface area contributed by atoms with E-state index < -0.39 is 0 Å². The SMILES string of the molecule is Cc1cccc(NC(=O)[C@@H](C)Sc2nnc(-c3cccnc3)n2-c2ccccc2C(C)C)c1. The quantitative estimate of drug-likeness (QED) is 0.351. The second kappa shape index (κ2) is 10.0. The molecule has 1 N–H and O–H groups in total. The molecule has 1 amide bonds. The van der Waals surface area contributed by atoms with Crippen LogP contribution in [0.15, 0.2) is 78.2 Å². The Hall–Kier alpha value is -3.45. The molecule has 2 aromatic heterocycles. The lowest BCUT2D eigenvalue weighted by molar-refractivity contribution is -0.115. The molecule has 0 aliphatic carbocycles. The first-order valence-corrected chi connectivity index (χ1v) is 11.8. The molecular formula is C26H27N5OS. The highest BCUT2D eigenvalue weighted by Gasteiger charge is 2.23. The monoisotopic (exact) mass is 457 g/mol. The van der Waals surface area contributed by atoms with Crippen molar-refractivity contribution >= 4 is 23.4 Å². The smallest absolute Gasteiger partial charge is 0.237 e. The summed E-state index contributed by atoms with van der Waals surface area (Å²) < 4.78 is 2.04. The second-order valence-corrected chi connectivity index (χ2v) is 9.52. The van der Waals surface area contributed by atoms with Crippen LogP contribution < -0.4 is 5.32 Å². The number of rotatable bonds is 7. The van der Waals surface area contributed by atoms with Crippen molar-refractivity contribution < 1.29 is 4.79 Å². The Labute approximate surface area is 198 Å². The number of carbonyl (C=O) groups is 1. The molecule has 2 heterocycles. The molecule has 0 unspecified atom stereocenters. The van der Waals surface area contributed by atoms with Crippen LogP contribution in [0.25, 0.3) is 17.1 Å². The van der Waals surface area contributed by atoms with Crippen molar-refractivity contribution in [2.24, 2.45) is 0 Å². The van der Waals surface area contributed by atoms with Crippen LogP contribution in [0, 0.1) is 6.92 Å². The van der Waals surface area contributed by atoms with Gasteiger partial charge in [0.05, 0.1) is 10.9 Å². The van der Waals surface area contributed by atoms with Gasteiger partial charge in [-0.1, -0.05) is 55.9 Å². The molecule has 6 nitrogen and oxygen atoms in total. The highest BCUT2D eigenvalue weighted by Crippen LogP contribution is 2.33. The summed E-state index contributed by atoms with van der Waals surface area (Å²) in [5.41, 5.74) is 4.94. The number of aryl methyl sites for hydroxylation is 1. The van der Waals surface area contributed by atoms with Crippen molar-refractivity contribution in [3.63, 3.8) is 0 Å². The summed E-state index contributed by atoms with van der Waals surface area (Å²) in [6, 6.07) is 19.9. The van der Waals surface area contributed by atoms with E-state index in [1.165, 1.54) is 17.3 Å². The number of nitrogens with zero attached hydrogens (tertiary/aromatic N) is 4. The van der Waals surface area contributed by atoms with Crippen LogP contribution in [0.5, 0.6) is 0 Å². The lowest BCUT2D eigenvalue weighted by atomic mass is 10.0. The van der Waals surface area contributed by atoms with E-state index in [1.807, 2.05) is 66.9 Å². The molecule has 0 aliphatic rings. The standard InChI is InChI=1S/C26H27N5OS/c1-17(2)22-12-5-6-13-23(22)31-24(20-10-8-14-27-16-20)29-30-26(31)33-19(4)25(32)28-21-11-7-9-18(3)15-21/h5-17,19H,1-4H3,(H,28,32)/t19-/m1/s1. The van der Waals surface area contributed by atoms with E-state index in [1.54, 1.807) is 12.4 Å². The molecular weight excluding hydrogens is 430 g/mol. The summed E-state index contributed by atoms with van der Waals surface area (Å²) in [6.45, 7) is 8.21. The maximum Gasteiger partial charge on any atom is 0.237 e. The van der Waals surface area contributed by atoms with E-state index >= 15 is 0 Å². The first kappa shape index (κ1) is 22.7. The van der Waals surface area contributed by atoms with Gasteiger partial charge in [-0.05, 0) is 61.2 Å². The number of nitrogens with one attached hydrogen (secondary N) is 1. The number of para-hydroxylation sites is 1. The average Bonchev–Trinajstić information content (AvgIpc) is 3.22. The van der Waals surface area contributed by atoms with Gasteiger partial charge in [0.15, 0.2) is 11.0 Å². The van der Waals surface area contributed by atoms with Gasteiger partial charge in [-0.25, -0.2) is 0 Å². The molecule has 0 radical (unpaired) electrons. The van der Waals surface area contributed by atoms with Gasteiger partial charge in [-0.2, -0.15) is 0 Å². The number of hydrogen-bond donors (Lipinski definition) is 1. The largest absolute Gasteiger partial charge is 0.325 e. The number of hydrogen-bond acceptors (Lipinski definition) is 5. The van der Waals surface area contributed by atoms with Crippen LogP contribution in [0.3, 0.4) is 0 Å². The number of pyridine rings is 1. The molecule has 2 aromatic carbocycles. The number of carbonyl (C=O) groups excluding carboxylic acids is 1. The fourth-order valence-electron chi connectivity index (χ4n) is 3.60. The Morgan fingerprint density at radius 3 is 2.55 bits per heavy atom. The zero-order chi connectivity index (χ0) is 23.4. The molecule has 0 spiro atoms. The summed E-state index contributed by atoms with van der Waals surface area (Å²) in [7, 11) is 0. The summed E-state index contributed by atoms with van der Waals surface area (Å²) >= 11 is 1.39. The third-order valence-corrected chi connectivity index (χ3v) is 6.33. The molecule has 7 heteroatoms. The van der Waals surface area contributed by atoms with E-state index in [9.17, 15) is 4.79 Å². The lowest BCUT2D eigenvalue weighted by Crippen LogP contribution is -2.23. The van der Waals surface area contributed by atoms with Crippen molar-refractivity contribution in [1.82, 2.24) is 19.7 Å². The lowest BCUT2D eigenvalue weighted by Gasteiger charge is -2.18. The van der Waals surface area contributed by atoms with Crippen LogP contribution in [0.1, 0.15) is 37.8 Å². The Bertz CT molecular complexity index is 1250. The normalized spacial score (nSPS) is 12.0. The van der Waals surface area contributed by atoms with Crippen molar-refractivity contribution in [2.75, 3.05) is 5.32 Å². The first-order chi connectivity index (χ1) is 15.9. The summed E-state index contributed by atoms with van der Waals surface area (Å²) in [6.07, 6.45) is 3.51. The molecule has 0 fully saturated rings. The second-order valence-electron chi connectivity index (χ2n) is 8.22. The van der Waals surface area contributed by atoms with Gasteiger partial charge in [0.1, 0.15) is 0 Å². The molecule has 0 bridgehead atoms. The van der Waals surface area contributed by atoms with E-state index in [2.05, 4.69) is 46.5 Å². The van der Waals surface area contributed by atoms with Gasteiger partial charge < -0.3 is 5.32 Å². The molecule has 1 atom stereocenters. The Kier molecular flexibility index (Phi) is 6.89. The topological polar surface area (TPSA) is 72.7 Å². The zero-order valence-electron chi connectivity index (χ0n) is 19.2. The summed E-state index contributed by atoms with van der Waals surface area (Å²) in [5, 5.41) is 12.3. The van der Waals surface area contributed by atoms with Gasteiger partial charge in [-0.15, -0.1) is 10.2 Å². The Morgan fingerprint density at radius 1 is 1.00 bits per heavy atom. The van der Waals surface area contributed by atoms with Crippen LogP contribution in [-0.4, -0.2) is 30.9 Å². The minimum atomic E-state index is -0.374. The first-order valence-electron chi connectivity index (χ1n) is 10.9. The third kappa shape index (κ3) is 5.14. The van der Waals surface area contributed by atoms with E-state index in [-0.39, 0.29) is 11.2 Å². The maximum atomic E-state index is 12.9. The van der Waals surface area contributed by atoms with Crippen LogP contribution in [-0.2, 0) is 4.79 Å². The number of aromatic nitrogens is 4. The molecule has 0 saturated heterocycles. The molecule has 33 heavy (non-hydrogen) atoms. The third-order valence-electron chi connectivity index (χ3n) is 5.29. The van der Waals surface area contributed by atoms with Gasteiger partial charge in [0, 0.05) is 23.6 Å². The Balaban J connectivity index is 1.70. The molecule has 168 valence electrons. The fourth-order valence-corrected chi connectivity index (χ4v) is 4.46. The zero-order valence-corrected chi connectivity index (χ0v) is 20.0. The van der Waals surface area contributed by atoms with Gasteiger partial charge in [0.25, 0.3) is 0 Å². The summed E-state index contributed by atoms with van der Waals surface area (Å²) in [4.78, 5) is 17.2. The van der Waals surface area contributed by atoms with Gasteiger partial charge >= 0.3 is 0 Å². The molecule has 0 aliphatic heterocycles. The highest BCUT2D eigenvalue weighted by molar-refractivity contribution is 8.00. The van der Waals surface area contributed by atoms with E-state index in [0.29, 0.717) is 16.9 Å². The van der Waals surface area contributed by atoms with Gasteiger partial charge in [-0.3, -0.25) is 14.3 Å². The van der Waals surface area contributed by atoms with E-state index in [0.717, 1.165) is 22.5 Å². The van der Waals surface area contributed by atoms with Crippen molar-refractivity contribution in [1.29, 1.82) is 0 Å². The highest BCUT2D eigenvalue weighted by atomic mass is 32.2. The predicted octanol–water partition coefficient (Wildman–Crippen LogP) is 5.88. The Morgan fingerprint density at radius 2 is 1.82 bits per heavy atom. The number of anilines is 1. The van der Waals surface area contributed by atoms with E-state index in [4.69, 9.17) is 0 Å². The van der Waals surface area contributed by atoms with Crippen LogP contribution in [0.4, 0.5) is 5.69 Å². The van der Waals surface area contributed by atoms with Crippen LogP contribution in [0.2, 0.25) is 0 Å². The maximum absolute atomic E-state index is 12.9. The van der Waals surface area contributed by atoms with Crippen molar-refractivity contribution in [3.8, 4) is 17.1 Å². The molecule has 0 saturated carbocycles.